The van der Waals surface area contributed by atoms with Crippen LogP contribution in [0.1, 0.15) is 37.9 Å². The van der Waals surface area contributed by atoms with Crippen LogP contribution in [-0.2, 0) is 13.5 Å². The smallest absolute Gasteiger partial charge is 0.130 e. The van der Waals surface area contributed by atoms with Gasteiger partial charge in [0.05, 0.1) is 5.69 Å². The third kappa shape index (κ3) is 2.41. The summed E-state index contributed by atoms with van der Waals surface area (Å²) in [6.45, 7) is 6.39. The van der Waals surface area contributed by atoms with Gasteiger partial charge in [-0.05, 0) is 31.6 Å². The summed E-state index contributed by atoms with van der Waals surface area (Å²) in [5.41, 5.74) is 1.98. The molecule has 1 rings (SSSR count). The van der Waals surface area contributed by atoms with E-state index >= 15 is 0 Å². The Morgan fingerprint density at radius 1 is 1.38 bits per heavy atom. The van der Waals surface area contributed by atoms with Gasteiger partial charge >= 0.3 is 0 Å². The minimum Gasteiger partial charge on any atom is -0.396 e. The van der Waals surface area contributed by atoms with Crippen LogP contribution in [-0.4, -0.2) is 21.5 Å². The first-order valence-electron chi connectivity index (χ1n) is 5.78. The Morgan fingerprint density at radius 2 is 1.94 bits per heavy atom. The van der Waals surface area contributed by atoms with Gasteiger partial charge in [-0.2, -0.15) is 5.10 Å². The van der Waals surface area contributed by atoms with E-state index in [1.807, 2.05) is 14.0 Å². The summed E-state index contributed by atoms with van der Waals surface area (Å²) in [7, 11) is 1.84. The van der Waals surface area contributed by atoms with Crippen molar-refractivity contribution in [2.75, 3.05) is 6.61 Å². The molecule has 0 fully saturated rings. The van der Waals surface area contributed by atoms with Crippen molar-refractivity contribution in [2.24, 2.45) is 12.5 Å². The molecule has 0 saturated heterocycles. The van der Waals surface area contributed by atoms with Crippen LogP contribution in [0.15, 0.2) is 0 Å². The van der Waals surface area contributed by atoms with E-state index in [2.05, 4.69) is 18.9 Å². The second kappa shape index (κ2) is 5.19. The van der Waals surface area contributed by atoms with Gasteiger partial charge < -0.3 is 5.11 Å². The molecule has 1 N–H and O–H groups in total. The third-order valence-corrected chi connectivity index (χ3v) is 4.13. The maximum atomic E-state index is 9.56. The summed E-state index contributed by atoms with van der Waals surface area (Å²) in [5.74, 6) is 0. The number of halogens is 1. The Balaban J connectivity index is 3.02. The molecule has 1 aromatic heterocycles. The molecule has 1 aromatic rings. The summed E-state index contributed by atoms with van der Waals surface area (Å²) < 4.78 is 1.69. The predicted octanol–water partition coefficient (Wildman–Crippen LogP) is 2.72. The van der Waals surface area contributed by atoms with Crippen LogP contribution in [0.25, 0.3) is 0 Å². The van der Waals surface area contributed by atoms with Crippen molar-refractivity contribution in [3.63, 3.8) is 0 Å². The zero-order valence-electron chi connectivity index (χ0n) is 10.5. The second-order valence-electron chi connectivity index (χ2n) is 4.52. The van der Waals surface area contributed by atoms with E-state index in [0.717, 1.165) is 30.5 Å². The molecule has 3 nitrogen and oxygen atoms in total. The number of hydrogen-bond donors (Lipinski definition) is 1. The summed E-state index contributed by atoms with van der Waals surface area (Å²) >= 11 is 6.21. The van der Waals surface area contributed by atoms with Crippen molar-refractivity contribution in [1.29, 1.82) is 0 Å². The summed E-state index contributed by atoms with van der Waals surface area (Å²) in [4.78, 5) is 0. The van der Waals surface area contributed by atoms with Crippen molar-refractivity contribution >= 4 is 11.6 Å². The fourth-order valence-electron chi connectivity index (χ4n) is 2.03. The lowest BCUT2D eigenvalue weighted by molar-refractivity contribution is 0.115. The summed E-state index contributed by atoms with van der Waals surface area (Å²) in [6, 6.07) is 0. The topological polar surface area (TPSA) is 38.1 Å². The molecule has 0 bridgehead atoms. The van der Waals surface area contributed by atoms with E-state index in [9.17, 15) is 5.11 Å². The number of aliphatic hydroxyl groups is 1. The number of nitrogens with zero attached hydrogens (tertiary/aromatic N) is 2. The Bertz CT molecular complexity index is 348. The molecule has 0 aromatic carbocycles. The Labute approximate surface area is 102 Å². The van der Waals surface area contributed by atoms with Gasteiger partial charge in [-0.1, -0.05) is 25.4 Å². The minimum absolute atomic E-state index is 0.0581. The van der Waals surface area contributed by atoms with E-state index in [1.165, 1.54) is 0 Å². The Hall–Kier alpha value is -0.540. The number of aryl methyl sites for hydroxylation is 2. The predicted molar refractivity (Wildman–Crippen MR) is 66.8 cm³/mol. The summed E-state index contributed by atoms with van der Waals surface area (Å²) in [5, 5.41) is 14.5. The summed E-state index contributed by atoms with van der Waals surface area (Å²) in [6.07, 6.45) is 2.70. The number of aliphatic hydroxyl groups excluding tert-OH is 1. The average molecular weight is 245 g/mol. The quantitative estimate of drug-likeness (QED) is 0.865. The van der Waals surface area contributed by atoms with Crippen LogP contribution in [0.4, 0.5) is 0 Å². The monoisotopic (exact) mass is 244 g/mol. The van der Waals surface area contributed by atoms with Crippen LogP contribution in [0.3, 0.4) is 0 Å². The molecule has 16 heavy (non-hydrogen) atoms. The van der Waals surface area contributed by atoms with Gasteiger partial charge in [-0.25, -0.2) is 0 Å². The van der Waals surface area contributed by atoms with E-state index in [1.54, 1.807) is 4.68 Å². The molecule has 0 aliphatic carbocycles. The number of aromatic nitrogens is 2. The molecule has 0 amide bonds. The first kappa shape index (κ1) is 13.5. The first-order chi connectivity index (χ1) is 7.49. The van der Waals surface area contributed by atoms with Crippen LogP contribution >= 0.6 is 11.6 Å². The molecule has 92 valence electrons. The molecule has 1 heterocycles. The third-order valence-electron chi connectivity index (χ3n) is 3.66. The van der Waals surface area contributed by atoms with Crippen molar-refractivity contribution in [3.05, 3.63) is 16.4 Å². The molecule has 0 atom stereocenters. The molecule has 0 radical (unpaired) electrons. The van der Waals surface area contributed by atoms with Crippen LogP contribution in [0, 0.1) is 12.3 Å². The first-order valence-corrected chi connectivity index (χ1v) is 6.16. The maximum Gasteiger partial charge on any atom is 0.130 e. The maximum absolute atomic E-state index is 9.56. The van der Waals surface area contributed by atoms with Crippen LogP contribution < -0.4 is 0 Å². The van der Waals surface area contributed by atoms with Gasteiger partial charge in [-0.3, -0.25) is 4.68 Å². The lowest BCUT2D eigenvalue weighted by Crippen LogP contribution is -2.26. The lowest BCUT2D eigenvalue weighted by Gasteiger charge is -2.29. The highest BCUT2D eigenvalue weighted by molar-refractivity contribution is 6.30. The lowest BCUT2D eigenvalue weighted by atomic mass is 9.78. The fraction of sp³-hybridized carbons (Fsp3) is 0.750. The normalized spacial score (nSPS) is 12.1. The van der Waals surface area contributed by atoms with Gasteiger partial charge in [0, 0.05) is 19.2 Å². The van der Waals surface area contributed by atoms with Crippen molar-refractivity contribution in [2.45, 2.75) is 40.0 Å². The highest BCUT2D eigenvalue weighted by atomic mass is 35.5. The van der Waals surface area contributed by atoms with Gasteiger partial charge in [0.15, 0.2) is 0 Å². The Morgan fingerprint density at radius 3 is 2.25 bits per heavy atom. The van der Waals surface area contributed by atoms with E-state index in [4.69, 9.17) is 11.6 Å². The molecule has 0 unspecified atom stereocenters. The average Bonchev–Trinajstić information content (AvgIpc) is 2.52. The van der Waals surface area contributed by atoms with E-state index < -0.39 is 0 Å². The largest absolute Gasteiger partial charge is 0.396 e. The van der Waals surface area contributed by atoms with Crippen LogP contribution in [0.2, 0.25) is 5.15 Å². The minimum atomic E-state index is -0.0581. The van der Waals surface area contributed by atoms with E-state index in [-0.39, 0.29) is 12.0 Å². The SMILES string of the molecule is CCC(CC)(CO)Cc1c(C)nn(C)c1Cl. The second-order valence-corrected chi connectivity index (χ2v) is 4.88. The van der Waals surface area contributed by atoms with E-state index in [0.29, 0.717) is 5.15 Å². The Kier molecular flexibility index (Phi) is 4.39. The van der Waals surface area contributed by atoms with Crippen molar-refractivity contribution < 1.29 is 5.11 Å². The number of rotatable bonds is 5. The highest BCUT2D eigenvalue weighted by Crippen LogP contribution is 2.33. The molecular weight excluding hydrogens is 224 g/mol. The fourth-order valence-corrected chi connectivity index (χ4v) is 2.27. The molecule has 0 aliphatic rings. The molecular formula is C12H21ClN2O. The zero-order valence-corrected chi connectivity index (χ0v) is 11.3. The zero-order chi connectivity index (χ0) is 12.3. The van der Waals surface area contributed by atoms with Gasteiger partial charge in [0.2, 0.25) is 0 Å². The van der Waals surface area contributed by atoms with Gasteiger partial charge in [0.1, 0.15) is 5.15 Å². The molecule has 4 heteroatoms. The van der Waals surface area contributed by atoms with Gasteiger partial charge in [-0.15, -0.1) is 0 Å². The highest BCUT2D eigenvalue weighted by Gasteiger charge is 2.28. The number of hydrogen-bond acceptors (Lipinski definition) is 2. The standard InChI is InChI=1S/C12H21ClN2O/c1-5-12(6-2,8-16)7-10-9(3)14-15(4)11(10)13/h16H,5-8H2,1-4H3. The van der Waals surface area contributed by atoms with Crippen molar-refractivity contribution in [1.82, 2.24) is 9.78 Å². The van der Waals surface area contributed by atoms with Crippen molar-refractivity contribution in [3.8, 4) is 0 Å². The van der Waals surface area contributed by atoms with Gasteiger partial charge in [0.25, 0.3) is 0 Å². The molecule has 0 spiro atoms. The van der Waals surface area contributed by atoms with Crippen LogP contribution in [0.5, 0.6) is 0 Å². The molecule has 0 saturated carbocycles. The molecule has 0 aliphatic heterocycles.